The standard InChI is InChI=1S/C32H40N2O5/c1-37-29-19-16-24(20-30(29)39-28-10-6-7-11-28)25(21-32(36)38-2)15-12-23-13-17-27(18-14-23)34-31(35)22-33-26-8-4-3-5-9-26/h13-14,16-20,25-26,28,33H,3-11,21-22H2,1-2H3,(H,34,35)/t25-/m0/s1. The molecule has 2 aromatic rings. The average Bonchev–Trinajstić information content (AvgIpc) is 3.48. The molecule has 0 heterocycles. The number of ether oxygens (including phenoxy) is 3. The van der Waals surface area contributed by atoms with Crippen LogP contribution >= 0.6 is 0 Å². The van der Waals surface area contributed by atoms with Gasteiger partial charge in [-0.25, -0.2) is 0 Å². The van der Waals surface area contributed by atoms with Crippen LogP contribution in [-0.2, 0) is 14.3 Å². The van der Waals surface area contributed by atoms with E-state index in [0.29, 0.717) is 24.1 Å². The van der Waals surface area contributed by atoms with Crippen LogP contribution in [0.3, 0.4) is 0 Å². The fraction of sp³-hybridized carbons (Fsp3) is 0.500. The van der Waals surface area contributed by atoms with Gasteiger partial charge in [0.1, 0.15) is 0 Å². The molecule has 2 N–H and O–H groups in total. The van der Waals surface area contributed by atoms with Crippen molar-refractivity contribution >= 4 is 17.6 Å². The lowest BCUT2D eigenvalue weighted by Crippen LogP contribution is -2.37. The van der Waals surface area contributed by atoms with Crippen molar-refractivity contribution in [2.75, 3.05) is 26.1 Å². The monoisotopic (exact) mass is 532 g/mol. The minimum atomic E-state index is -0.375. The fourth-order valence-corrected chi connectivity index (χ4v) is 5.25. The number of nitrogens with one attached hydrogen (secondary N) is 2. The molecule has 0 unspecified atom stereocenters. The maximum absolute atomic E-state index is 12.4. The molecule has 2 aliphatic carbocycles. The lowest BCUT2D eigenvalue weighted by atomic mass is 9.95. The van der Waals surface area contributed by atoms with Crippen LogP contribution in [-0.4, -0.2) is 44.8 Å². The summed E-state index contributed by atoms with van der Waals surface area (Å²) >= 11 is 0. The smallest absolute Gasteiger partial charge is 0.307 e. The Labute approximate surface area is 232 Å². The van der Waals surface area contributed by atoms with Crippen molar-refractivity contribution in [3.63, 3.8) is 0 Å². The molecular weight excluding hydrogens is 492 g/mol. The maximum atomic E-state index is 12.4. The van der Waals surface area contributed by atoms with E-state index < -0.39 is 0 Å². The highest BCUT2D eigenvalue weighted by atomic mass is 16.5. The fourth-order valence-electron chi connectivity index (χ4n) is 5.25. The largest absolute Gasteiger partial charge is 0.493 e. The first-order valence-corrected chi connectivity index (χ1v) is 14.1. The molecule has 0 saturated heterocycles. The highest BCUT2D eigenvalue weighted by molar-refractivity contribution is 5.92. The predicted octanol–water partition coefficient (Wildman–Crippen LogP) is 5.58. The molecule has 2 aliphatic rings. The van der Waals surface area contributed by atoms with Gasteiger partial charge in [0, 0.05) is 17.3 Å². The van der Waals surface area contributed by atoms with E-state index in [1.165, 1.54) is 39.2 Å². The van der Waals surface area contributed by atoms with Crippen molar-refractivity contribution in [2.45, 2.75) is 82.3 Å². The van der Waals surface area contributed by atoms with Gasteiger partial charge in [0.15, 0.2) is 11.5 Å². The SMILES string of the molecule is COC(=O)C[C@H](C#Cc1ccc(NC(=O)CNC2CCCCC2)cc1)c1ccc(OC)c(OC2CCCC2)c1. The molecule has 0 aliphatic heterocycles. The molecule has 0 aromatic heterocycles. The van der Waals surface area contributed by atoms with Crippen LogP contribution in [0, 0.1) is 11.8 Å². The number of carbonyl (C=O) groups excluding carboxylic acids is 2. The van der Waals surface area contributed by atoms with Crippen LogP contribution in [0.5, 0.6) is 11.5 Å². The van der Waals surface area contributed by atoms with E-state index in [4.69, 9.17) is 14.2 Å². The zero-order valence-corrected chi connectivity index (χ0v) is 23.1. The van der Waals surface area contributed by atoms with Gasteiger partial charge in [-0.1, -0.05) is 37.2 Å². The molecule has 39 heavy (non-hydrogen) atoms. The zero-order chi connectivity index (χ0) is 27.5. The second-order valence-corrected chi connectivity index (χ2v) is 10.4. The van der Waals surface area contributed by atoms with Gasteiger partial charge in [-0.05, 0) is 80.5 Å². The quantitative estimate of drug-likeness (QED) is 0.307. The molecule has 7 heteroatoms. The molecule has 7 nitrogen and oxygen atoms in total. The van der Waals surface area contributed by atoms with Crippen molar-refractivity contribution in [2.24, 2.45) is 0 Å². The first-order valence-electron chi connectivity index (χ1n) is 14.1. The summed E-state index contributed by atoms with van der Waals surface area (Å²) in [6, 6.07) is 13.6. The van der Waals surface area contributed by atoms with Crippen LogP contribution in [0.1, 0.15) is 81.3 Å². The Morgan fingerprint density at radius 3 is 2.33 bits per heavy atom. The molecule has 0 bridgehead atoms. The van der Waals surface area contributed by atoms with Gasteiger partial charge in [0.05, 0.1) is 39.2 Å². The van der Waals surface area contributed by atoms with E-state index in [1.807, 2.05) is 42.5 Å². The highest BCUT2D eigenvalue weighted by Gasteiger charge is 2.21. The minimum absolute atomic E-state index is 0.0484. The molecule has 1 atom stereocenters. The predicted molar refractivity (Wildman–Crippen MR) is 152 cm³/mol. The molecule has 208 valence electrons. The number of amides is 1. The van der Waals surface area contributed by atoms with E-state index in [1.54, 1.807) is 7.11 Å². The van der Waals surface area contributed by atoms with Crippen LogP contribution in [0.4, 0.5) is 5.69 Å². The van der Waals surface area contributed by atoms with Gasteiger partial charge in [-0.15, -0.1) is 0 Å². The van der Waals surface area contributed by atoms with Crippen molar-refractivity contribution < 1.29 is 23.8 Å². The molecule has 2 aromatic carbocycles. The van der Waals surface area contributed by atoms with Crippen LogP contribution in [0.25, 0.3) is 0 Å². The zero-order valence-electron chi connectivity index (χ0n) is 23.1. The van der Waals surface area contributed by atoms with Crippen molar-refractivity contribution in [3.8, 4) is 23.3 Å². The van der Waals surface area contributed by atoms with Gasteiger partial charge in [0.2, 0.25) is 5.91 Å². The number of methoxy groups -OCH3 is 2. The van der Waals surface area contributed by atoms with E-state index in [2.05, 4.69) is 22.5 Å². The van der Waals surface area contributed by atoms with E-state index in [9.17, 15) is 9.59 Å². The summed E-state index contributed by atoms with van der Waals surface area (Å²) in [5, 5.41) is 6.31. The van der Waals surface area contributed by atoms with Crippen LogP contribution < -0.4 is 20.1 Å². The molecule has 0 spiro atoms. The first kappa shape index (κ1) is 28.5. The number of rotatable bonds is 10. The Bertz CT molecular complexity index is 1160. The summed E-state index contributed by atoms with van der Waals surface area (Å²) in [7, 11) is 3.01. The normalized spacial score (nSPS) is 16.6. The Morgan fingerprint density at radius 1 is 0.923 bits per heavy atom. The van der Waals surface area contributed by atoms with Gasteiger partial charge in [0.25, 0.3) is 0 Å². The second-order valence-electron chi connectivity index (χ2n) is 10.4. The van der Waals surface area contributed by atoms with Gasteiger partial charge in [-0.2, -0.15) is 0 Å². The number of anilines is 1. The van der Waals surface area contributed by atoms with Gasteiger partial charge < -0.3 is 24.8 Å². The number of benzene rings is 2. The minimum Gasteiger partial charge on any atom is -0.493 e. The molecule has 4 rings (SSSR count). The Hall–Kier alpha value is -3.50. The maximum Gasteiger partial charge on any atom is 0.307 e. The van der Waals surface area contributed by atoms with Crippen LogP contribution in [0.2, 0.25) is 0 Å². The molecule has 2 saturated carbocycles. The summed E-state index contributed by atoms with van der Waals surface area (Å²) in [6.07, 6.45) is 10.8. The summed E-state index contributed by atoms with van der Waals surface area (Å²) < 4.78 is 16.7. The third-order valence-electron chi connectivity index (χ3n) is 7.50. The summed E-state index contributed by atoms with van der Waals surface area (Å²) in [4.78, 5) is 24.6. The summed E-state index contributed by atoms with van der Waals surface area (Å²) in [5.41, 5.74) is 2.39. The topological polar surface area (TPSA) is 85.9 Å². The number of hydrogen-bond donors (Lipinski definition) is 2. The number of esters is 1. The van der Waals surface area contributed by atoms with Gasteiger partial charge in [-0.3, -0.25) is 9.59 Å². The van der Waals surface area contributed by atoms with Crippen molar-refractivity contribution in [1.29, 1.82) is 0 Å². The van der Waals surface area contributed by atoms with Crippen molar-refractivity contribution in [3.05, 3.63) is 53.6 Å². The molecule has 1 amide bonds. The number of carbonyl (C=O) groups is 2. The van der Waals surface area contributed by atoms with E-state index in [0.717, 1.165) is 42.5 Å². The lowest BCUT2D eigenvalue weighted by Gasteiger charge is -2.22. The van der Waals surface area contributed by atoms with Gasteiger partial charge >= 0.3 is 5.97 Å². The molecule has 0 radical (unpaired) electrons. The van der Waals surface area contributed by atoms with E-state index in [-0.39, 0.29) is 30.3 Å². The molecular formula is C32H40N2O5. The second kappa shape index (κ2) is 14.6. The number of hydrogen-bond acceptors (Lipinski definition) is 6. The Kier molecular flexibility index (Phi) is 10.7. The molecule has 2 fully saturated rings. The Morgan fingerprint density at radius 2 is 1.64 bits per heavy atom. The highest BCUT2D eigenvalue weighted by Crippen LogP contribution is 2.35. The summed E-state index contributed by atoms with van der Waals surface area (Å²) in [6.45, 7) is 0.315. The van der Waals surface area contributed by atoms with Crippen LogP contribution in [0.15, 0.2) is 42.5 Å². The third-order valence-corrected chi connectivity index (χ3v) is 7.50. The average molecular weight is 533 g/mol. The first-order chi connectivity index (χ1) is 19.0. The Balaban J connectivity index is 1.42. The third kappa shape index (κ3) is 8.76. The lowest BCUT2D eigenvalue weighted by molar-refractivity contribution is -0.140. The van der Waals surface area contributed by atoms with E-state index >= 15 is 0 Å². The van der Waals surface area contributed by atoms with Crippen molar-refractivity contribution in [1.82, 2.24) is 5.32 Å². The summed E-state index contributed by atoms with van der Waals surface area (Å²) in [5.74, 6) is 7.03.